The minimum Gasteiger partial charge on any atom is -0.294 e. The number of fused-ring (bicyclic) bond motifs is 1. The van der Waals surface area contributed by atoms with Crippen molar-refractivity contribution in [3.05, 3.63) is 52.3 Å². The normalized spacial score (nSPS) is 10.6. The lowest BCUT2D eigenvalue weighted by Gasteiger charge is -2.04. The van der Waals surface area contributed by atoms with Gasteiger partial charge in [0.1, 0.15) is 10.8 Å². The highest BCUT2D eigenvalue weighted by atomic mass is 32.1. The molecule has 0 bridgehead atoms. The number of aryl methyl sites for hydroxylation is 1. The van der Waals surface area contributed by atoms with Crippen LogP contribution in [0.1, 0.15) is 27.9 Å². The standard InChI is InChI=1S/C17H11FN2OS/c1-9-16(10(2)21)22-17(20-9)11-6-12(8-19)13-4-3-5-15(18)14(13)7-11/h3-7H,1-2H3. The molecule has 108 valence electrons. The molecule has 0 aliphatic rings. The van der Waals surface area contributed by atoms with Gasteiger partial charge in [0.15, 0.2) is 5.78 Å². The van der Waals surface area contributed by atoms with Crippen molar-refractivity contribution in [3.63, 3.8) is 0 Å². The fraction of sp³-hybridized carbons (Fsp3) is 0.118. The third-order valence-electron chi connectivity index (χ3n) is 3.43. The van der Waals surface area contributed by atoms with E-state index in [1.165, 1.54) is 24.3 Å². The van der Waals surface area contributed by atoms with E-state index in [4.69, 9.17) is 0 Å². The average molecular weight is 310 g/mol. The number of hydrogen-bond donors (Lipinski definition) is 0. The van der Waals surface area contributed by atoms with Crippen molar-refractivity contribution in [2.24, 2.45) is 0 Å². The molecule has 0 unspecified atom stereocenters. The monoisotopic (exact) mass is 310 g/mol. The van der Waals surface area contributed by atoms with Crippen LogP contribution in [-0.4, -0.2) is 10.8 Å². The van der Waals surface area contributed by atoms with Crippen LogP contribution < -0.4 is 0 Å². The van der Waals surface area contributed by atoms with Crippen molar-refractivity contribution >= 4 is 27.9 Å². The van der Waals surface area contributed by atoms with Crippen molar-refractivity contribution in [2.45, 2.75) is 13.8 Å². The Bertz CT molecular complexity index is 953. The number of ketones is 1. The third-order valence-corrected chi connectivity index (χ3v) is 4.73. The maximum Gasteiger partial charge on any atom is 0.171 e. The fourth-order valence-corrected chi connectivity index (χ4v) is 3.36. The van der Waals surface area contributed by atoms with Crippen LogP contribution in [0.15, 0.2) is 30.3 Å². The molecule has 0 saturated carbocycles. The van der Waals surface area contributed by atoms with Crippen LogP contribution in [-0.2, 0) is 0 Å². The lowest BCUT2D eigenvalue weighted by atomic mass is 10.0. The second-order valence-corrected chi connectivity index (χ2v) is 5.96. The molecule has 0 fully saturated rings. The van der Waals surface area contributed by atoms with E-state index in [9.17, 15) is 14.4 Å². The van der Waals surface area contributed by atoms with Crippen LogP contribution in [0.25, 0.3) is 21.3 Å². The molecule has 0 radical (unpaired) electrons. The van der Waals surface area contributed by atoms with Crippen molar-refractivity contribution in [1.82, 2.24) is 4.98 Å². The SMILES string of the molecule is CC(=O)c1sc(-c2cc(C#N)c3cccc(F)c3c2)nc1C. The Morgan fingerprint density at radius 2 is 2.09 bits per heavy atom. The minimum absolute atomic E-state index is 0.0475. The van der Waals surface area contributed by atoms with E-state index in [0.29, 0.717) is 37.5 Å². The molecule has 5 heteroatoms. The number of thiazole rings is 1. The van der Waals surface area contributed by atoms with Crippen LogP contribution in [0.5, 0.6) is 0 Å². The Morgan fingerprint density at radius 3 is 2.73 bits per heavy atom. The summed E-state index contributed by atoms with van der Waals surface area (Å²) in [6, 6.07) is 10.1. The summed E-state index contributed by atoms with van der Waals surface area (Å²) in [6.07, 6.45) is 0. The molecule has 1 aromatic heterocycles. The zero-order valence-corrected chi connectivity index (χ0v) is 12.8. The lowest BCUT2D eigenvalue weighted by Crippen LogP contribution is -1.89. The van der Waals surface area contributed by atoms with Gasteiger partial charge in [-0.3, -0.25) is 4.79 Å². The van der Waals surface area contributed by atoms with Gasteiger partial charge < -0.3 is 0 Å². The first-order valence-electron chi connectivity index (χ1n) is 6.62. The Labute approximate surface area is 130 Å². The maximum atomic E-state index is 14.0. The van der Waals surface area contributed by atoms with Crippen LogP contribution in [0.2, 0.25) is 0 Å². The molecular weight excluding hydrogens is 299 g/mol. The molecule has 0 atom stereocenters. The van der Waals surface area contributed by atoms with Crippen molar-refractivity contribution in [2.75, 3.05) is 0 Å². The van der Waals surface area contributed by atoms with Crippen molar-refractivity contribution in [1.29, 1.82) is 5.26 Å². The lowest BCUT2D eigenvalue weighted by molar-refractivity contribution is 0.102. The van der Waals surface area contributed by atoms with Crippen molar-refractivity contribution in [3.8, 4) is 16.6 Å². The highest BCUT2D eigenvalue weighted by Gasteiger charge is 2.15. The van der Waals surface area contributed by atoms with E-state index in [1.54, 1.807) is 31.2 Å². The zero-order chi connectivity index (χ0) is 15.9. The molecule has 2 aromatic carbocycles. The maximum absolute atomic E-state index is 14.0. The number of Topliss-reactive ketones (excluding diaryl/α,β-unsaturated/α-hetero) is 1. The molecule has 3 aromatic rings. The van der Waals surface area contributed by atoms with Gasteiger partial charge in [-0.15, -0.1) is 11.3 Å². The molecule has 3 rings (SSSR count). The van der Waals surface area contributed by atoms with Crippen LogP contribution in [0.3, 0.4) is 0 Å². The van der Waals surface area contributed by atoms with Crippen LogP contribution in [0.4, 0.5) is 4.39 Å². The second kappa shape index (κ2) is 5.32. The Balaban J connectivity index is 2.28. The van der Waals surface area contributed by atoms with Gasteiger partial charge in [-0.05, 0) is 25.1 Å². The van der Waals surface area contributed by atoms with Crippen LogP contribution >= 0.6 is 11.3 Å². The minimum atomic E-state index is -0.379. The Hall–Kier alpha value is -2.58. The number of carbonyl (C=O) groups excluding carboxylic acids is 1. The van der Waals surface area contributed by atoms with Crippen LogP contribution in [0, 0.1) is 24.1 Å². The molecule has 0 spiro atoms. The summed E-state index contributed by atoms with van der Waals surface area (Å²) in [5, 5.41) is 10.9. The van der Waals surface area contributed by atoms with E-state index >= 15 is 0 Å². The van der Waals surface area contributed by atoms with Crippen molar-refractivity contribution < 1.29 is 9.18 Å². The number of nitriles is 1. The summed E-state index contributed by atoms with van der Waals surface area (Å²) in [6.45, 7) is 3.26. The predicted molar refractivity (Wildman–Crippen MR) is 84.5 cm³/mol. The summed E-state index contributed by atoms with van der Waals surface area (Å²) >= 11 is 1.26. The van der Waals surface area contributed by atoms with Gasteiger partial charge >= 0.3 is 0 Å². The highest BCUT2D eigenvalue weighted by molar-refractivity contribution is 7.17. The summed E-state index contributed by atoms with van der Waals surface area (Å²) < 4.78 is 14.0. The van der Waals surface area contributed by atoms with E-state index in [0.717, 1.165) is 0 Å². The van der Waals surface area contributed by atoms with E-state index in [2.05, 4.69) is 11.1 Å². The zero-order valence-electron chi connectivity index (χ0n) is 12.0. The van der Waals surface area contributed by atoms with E-state index in [-0.39, 0.29) is 11.6 Å². The number of benzene rings is 2. The molecule has 1 heterocycles. The van der Waals surface area contributed by atoms with Gasteiger partial charge in [0.25, 0.3) is 0 Å². The summed E-state index contributed by atoms with van der Waals surface area (Å²) in [5.41, 5.74) is 1.69. The molecule has 0 amide bonds. The van der Waals surface area contributed by atoms with Gasteiger partial charge in [0, 0.05) is 23.3 Å². The Kier molecular flexibility index (Phi) is 3.47. The first kappa shape index (κ1) is 14.4. The summed E-state index contributed by atoms with van der Waals surface area (Å²) in [5.74, 6) is -0.426. The first-order valence-corrected chi connectivity index (χ1v) is 7.44. The molecule has 0 aliphatic carbocycles. The average Bonchev–Trinajstić information content (AvgIpc) is 2.89. The number of halogens is 1. The smallest absolute Gasteiger partial charge is 0.171 e. The molecule has 22 heavy (non-hydrogen) atoms. The highest BCUT2D eigenvalue weighted by Crippen LogP contribution is 2.33. The van der Waals surface area contributed by atoms with Gasteiger partial charge in [-0.1, -0.05) is 12.1 Å². The van der Waals surface area contributed by atoms with Gasteiger partial charge in [-0.25, -0.2) is 9.37 Å². The summed E-state index contributed by atoms with van der Waals surface area (Å²) in [4.78, 5) is 16.5. The quantitative estimate of drug-likeness (QED) is 0.655. The van der Waals surface area contributed by atoms with Gasteiger partial charge in [-0.2, -0.15) is 5.26 Å². The number of carbonyl (C=O) groups is 1. The molecule has 3 nitrogen and oxygen atoms in total. The molecule has 0 saturated heterocycles. The molecular formula is C17H11FN2OS. The number of rotatable bonds is 2. The Morgan fingerprint density at radius 1 is 1.32 bits per heavy atom. The predicted octanol–water partition coefficient (Wildman–Crippen LogP) is 4.49. The third kappa shape index (κ3) is 2.28. The topological polar surface area (TPSA) is 53.8 Å². The number of aromatic nitrogens is 1. The second-order valence-electron chi connectivity index (χ2n) is 4.96. The molecule has 0 N–H and O–H groups in total. The number of nitrogens with zero attached hydrogens (tertiary/aromatic N) is 2. The first-order chi connectivity index (χ1) is 10.5. The van der Waals surface area contributed by atoms with Gasteiger partial charge in [0.05, 0.1) is 22.2 Å². The largest absolute Gasteiger partial charge is 0.294 e. The number of hydrogen-bond acceptors (Lipinski definition) is 4. The molecule has 0 aliphatic heterocycles. The van der Waals surface area contributed by atoms with Gasteiger partial charge in [0.2, 0.25) is 0 Å². The fourth-order valence-electron chi connectivity index (χ4n) is 2.41. The van der Waals surface area contributed by atoms with E-state index < -0.39 is 0 Å². The summed E-state index contributed by atoms with van der Waals surface area (Å²) in [7, 11) is 0. The van der Waals surface area contributed by atoms with E-state index in [1.807, 2.05) is 0 Å².